The van der Waals surface area contributed by atoms with E-state index < -0.39 is 5.97 Å². The third kappa shape index (κ3) is 2.10. The maximum Gasteiger partial charge on any atom is 0.306 e. The van der Waals surface area contributed by atoms with Crippen LogP contribution in [-0.4, -0.2) is 11.1 Å². The molecule has 2 heteroatoms. The van der Waals surface area contributed by atoms with Crippen LogP contribution in [0.5, 0.6) is 0 Å². The molecule has 18 heavy (non-hydrogen) atoms. The molecule has 2 unspecified atom stereocenters. The molecular weight excluding hydrogens is 224 g/mol. The van der Waals surface area contributed by atoms with E-state index in [4.69, 9.17) is 5.11 Å². The van der Waals surface area contributed by atoms with E-state index in [-0.39, 0.29) is 5.92 Å². The zero-order valence-electron chi connectivity index (χ0n) is 10.4. The van der Waals surface area contributed by atoms with Crippen LogP contribution < -0.4 is 0 Å². The first-order chi connectivity index (χ1) is 8.63. The van der Waals surface area contributed by atoms with Gasteiger partial charge in [-0.25, -0.2) is 0 Å². The van der Waals surface area contributed by atoms with Crippen molar-refractivity contribution in [2.45, 2.75) is 19.8 Å². The van der Waals surface area contributed by atoms with Gasteiger partial charge in [-0.05, 0) is 42.0 Å². The average molecular weight is 240 g/mol. The van der Waals surface area contributed by atoms with Crippen LogP contribution in [0.4, 0.5) is 0 Å². The van der Waals surface area contributed by atoms with Gasteiger partial charge in [0.2, 0.25) is 0 Å². The summed E-state index contributed by atoms with van der Waals surface area (Å²) in [5, 5.41) is 11.4. The van der Waals surface area contributed by atoms with Gasteiger partial charge < -0.3 is 5.11 Å². The summed E-state index contributed by atoms with van der Waals surface area (Å²) in [7, 11) is 0. The summed E-state index contributed by atoms with van der Waals surface area (Å²) in [5.41, 5.74) is 2.52. The maximum absolute atomic E-state index is 10.8. The van der Waals surface area contributed by atoms with Crippen molar-refractivity contribution in [1.29, 1.82) is 0 Å². The molecule has 2 nitrogen and oxygen atoms in total. The number of rotatable bonds is 3. The fourth-order valence-electron chi connectivity index (χ4n) is 2.62. The van der Waals surface area contributed by atoms with E-state index >= 15 is 0 Å². The van der Waals surface area contributed by atoms with Crippen LogP contribution in [-0.2, 0) is 11.2 Å². The second kappa shape index (κ2) is 4.13. The molecule has 0 aliphatic heterocycles. The minimum Gasteiger partial charge on any atom is -0.481 e. The number of aliphatic carboxylic acids is 1. The molecule has 0 amide bonds. The monoisotopic (exact) mass is 240 g/mol. The number of carboxylic acids is 1. The number of aryl methyl sites for hydroxylation is 1. The molecule has 1 aliphatic carbocycles. The number of carbonyl (C=O) groups is 1. The van der Waals surface area contributed by atoms with Gasteiger partial charge in [-0.3, -0.25) is 4.79 Å². The highest BCUT2D eigenvalue weighted by Crippen LogP contribution is 2.41. The zero-order valence-corrected chi connectivity index (χ0v) is 10.4. The first-order valence-electron chi connectivity index (χ1n) is 6.35. The summed E-state index contributed by atoms with van der Waals surface area (Å²) in [6.45, 7) is 2.09. The van der Waals surface area contributed by atoms with Gasteiger partial charge in [0.1, 0.15) is 0 Å². The predicted molar refractivity (Wildman–Crippen MR) is 71.6 cm³/mol. The van der Waals surface area contributed by atoms with Crippen molar-refractivity contribution in [3.63, 3.8) is 0 Å². The summed E-state index contributed by atoms with van der Waals surface area (Å²) in [5.74, 6) is -0.416. The minimum atomic E-state index is -0.642. The van der Waals surface area contributed by atoms with Gasteiger partial charge in [0, 0.05) is 0 Å². The first kappa shape index (κ1) is 11.3. The molecular formula is C16H16O2. The molecule has 0 bridgehead atoms. The van der Waals surface area contributed by atoms with E-state index in [2.05, 4.69) is 43.3 Å². The van der Waals surface area contributed by atoms with Crippen LogP contribution in [0.15, 0.2) is 36.4 Å². The second-order valence-electron chi connectivity index (χ2n) is 5.33. The lowest BCUT2D eigenvalue weighted by Gasteiger charge is -2.04. The summed E-state index contributed by atoms with van der Waals surface area (Å²) in [4.78, 5) is 10.8. The molecule has 2 atom stereocenters. The molecule has 1 saturated carbocycles. The van der Waals surface area contributed by atoms with E-state index in [1.165, 1.54) is 21.9 Å². The van der Waals surface area contributed by atoms with Crippen LogP contribution in [0.1, 0.15) is 17.5 Å². The molecule has 0 spiro atoms. The zero-order chi connectivity index (χ0) is 12.7. The summed E-state index contributed by atoms with van der Waals surface area (Å²) in [6.07, 6.45) is 1.72. The fourth-order valence-corrected chi connectivity index (χ4v) is 2.62. The highest BCUT2D eigenvalue weighted by Gasteiger charge is 2.42. The minimum absolute atomic E-state index is 0.112. The lowest BCUT2D eigenvalue weighted by atomic mass is 10.0. The Kier molecular flexibility index (Phi) is 2.58. The van der Waals surface area contributed by atoms with Gasteiger partial charge in [-0.2, -0.15) is 0 Å². The van der Waals surface area contributed by atoms with E-state index in [0.717, 1.165) is 12.8 Å². The highest BCUT2D eigenvalue weighted by atomic mass is 16.4. The molecule has 1 fully saturated rings. The number of hydrogen-bond donors (Lipinski definition) is 1. The van der Waals surface area contributed by atoms with Crippen molar-refractivity contribution in [2.24, 2.45) is 11.8 Å². The van der Waals surface area contributed by atoms with E-state index in [1.807, 2.05) is 0 Å². The SMILES string of the molecule is Cc1ccc2cc(CC3CC3C(=O)O)ccc2c1. The molecule has 2 aromatic rings. The molecule has 92 valence electrons. The number of hydrogen-bond acceptors (Lipinski definition) is 1. The first-order valence-corrected chi connectivity index (χ1v) is 6.35. The molecule has 0 aromatic heterocycles. The third-order valence-corrected chi connectivity index (χ3v) is 3.80. The second-order valence-corrected chi connectivity index (χ2v) is 5.33. The largest absolute Gasteiger partial charge is 0.481 e. The van der Waals surface area contributed by atoms with Crippen molar-refractivity contribution in [3.8, 4) is 0 Å². The van der Waals surface area contributed by atoms with Gasteiger partial charge >= 0.3 is 5.97 Å². The molecule has 1 aliphatic rings. The normalized spacial score (nSPS) is 22.1. The van der Waals surface area contributed by atoms with Gasteiger partial charge in [-0.15, -0.1) is 0 Å². The van der Waals surface area contributed by atoms with Crippen molar-refractivity contribution in [3.05, 3.63) is 47.5 Å². The third-order valence-electron chi connectivity index (χ3n) is 3.80. The summed E-state index contributed by atoms with van der Waals surface area (Å²) in [6, 6.07) is 12.9. The Bertz CT molecular complexity index is 616. The quantitative estimate of drug-likeness (QED) is 0.892. The van der Waals surface area contributed by atoms with E-state index in [0.29, 0.717) is 5.92 Å². The van der Waals surface area contributed by atoms with Gasteiger partial charge in [-0.1, -0.05) is 42.0 Å². The lowest BCUT2D eigenvalue weighted by Crippen LogP contribution is -2.01. The average Bonchev–Trinajstić information content (AvgIpc) is 3.09. The lowest BCUT2D eigenvalue weighted by molar-refractivity contribution is -0.138. The Balaban J connectivity index is 1.82. The summed E-state index contributed by atoms with van der Waals surface area (Å²) < 4.78 is 0. The Labute approximate surface area is 106 Å². The van der Waals surface area contributed by atoms with Gasteiger partial charge in [0.25, 0.3) is 0 Å². The van der Waals surface area contributed by atoms with Crippen LogP contribution in [0.3, 0.4) is 0 Å². The summed E-state index contributed by atoms with van der Waals surface area (Å²) >= 11 is 0. The molecule has 0 heterocycles. The smallest absolute Gasteiger partial charge is 0.306 e. The Morgan fingerprint density at radius 3 is 2.67 bits per heavy atom. The van der Waals surface area contributed by atoms with Crippen LogP contribution in [0.2, 0.25) is 0 Å². The van der Waals surface area contributed by atoms with Crippen LogP contribution in [0.25, 0.3) is 10.8 Å². The molecule has 1 N–H and O–H groups in total. The molecule has 0 radical (unpaired) electrons. The topological polar surface area (TPSA) is 37.3 Å². The molecule has 2 aromatic carbocycles. The number of carboxylic acid groups (broad SMARTS) is 1. The maximum atomic E-state index is 10.8. The van der Waals surface area contributed by atoms with Crippen LogP contribution in [0, 0.1) is 18.8 Å². The van der Waals surface area contributed by atoms with Crippen molar-refractivity contribution in [2.75, 3.05) is 0 Å². The van der Waals surface area contributed by atoms with Gasteiger partial charge in [0.05, 0.1) is 5.92 Å². The fraction of sp³-hybridized carbons (Fsp3) is 0.312. The Morgan fingerprint density at radius 2 is 1.94 bits per heavy atom. The van der Waals surface area contributed by atoms with Gasteiger partial charge in [0.15, 0.2) is 0 Å². The Morgan fingerprint density at radius 1 is 1.22 bits per heavy atom. The number of fused-ring (bicyclic) bond motifs is 1. The van der Waals surface area contributed by atoms with Crippen molar-refractivity contribution < 1.29 is 9.90 Å². The van der Waals surface area contributed by atoms with Crippen molar-refractivity contribution >= 4 is 16.7 Å². The standard InChI is InChI=1S/C16H16O2/c1-10-2-4-13-7-11(3-5-12(13)6-10)8-14-9-15(14)16(17)18/h2-7,14-15H,8-9H2,1H3,(H,17,18). The molecule has 0 saturated heterocycles. The number of benzene rings is 2. The van der Waals surface area contributed by atoms with E-state index in [9.17, 15) is 4.79 Å². The van der Waals surface area contributed by atoms with E-state index in [1.54, 1.807) is 0 Å². The predicted octanol–water partition coefficient (Wildman–Crippen LogP) is 3.41. The van der Waals surface area contributed by atoms with Crippen LogP contribution >= 0.6 is 0 Å². The van der Waals surface area contributed by atoms with Crippen molar-refractivity contribution in [1.82, 2.24) is 0 Å². The highest BCUT2D eigenvalue weighted by molar-refractivity contribution is 5.83. The Hall–Kier alpha value is -1.83. The molecule has 3 rings (SSSR count).